The molecule has 0 atom stereocenters. The highest BCUT2D eigenvalue weighted by atomic mass is 35.5. The molecule has 0 N–H and O–H groups in total. The first-order valence-electron chi connectivity index (χ1n) is 4.18. The molecule has 14 heavy (non-hydrogen) atoms. The number of benzene rings is 1. The fourth-order valence-corrected chi connectivity index (χ4v) is 1.85. The van der Waals surface area contributed by atoms with Crippen molar-refractivity contribution < 1.29 is 0 Å². The molecule has 0 spiro atoms. The first kappa shape index (κ1) is 11.7. The molecule has 74 valence electrons. The van der Waals surface area contributed by atoms with Crippen molar-refractivity contribution in [1.29, 1.82) is 0 Å². The van der Waals surface area contributed by atoms with E-state index in [4.69, 9.17) is 34.8 Å². The lowest BCUT2D eigenvalue weighted by molar-refractivity contribution is 1.03. The lowest BCUT2D eigenvalue weighted by atomic mass is 10.1. The Balaban J connectivity index is 2.92. The second-order valence-corrected chi connectivity index (χ2v) is 3.94. The molecule has 0 aliphatic heterocycles. The SMILES string of the molecule is CC#CCCc1c(Cl)ccc(Cl)c1Cl. The highest BCUT2D eigenvalue weighted by Crippen LogP contribution is 2.32. The number of halogens is 3. The van der Waals surface area contributed by atoms with Gasteiger partial charge in [0.25, 0.3) is 0 Å². The Hall–Kier alpha value is -0.350. The Morgan fingerprint density at radius 1 is 1.14 bits per heavy atom. The molecular formula is C11H9Cl3. The minimum absolute atomic E-state index is 0.538. The maximum atomic E-state index is 6.01. The van der Waals surface area contributed by atoms with Crippen molar-refractivity contribution in [2.45, 2.75) is 19.8 Å². The minimum atomic E-state index is 0.538. The van der Waals surface area contributed by atoms with Crippen LogP contribution in [0.1, 0.15) is 18.9 Å². The lowest BCUT2D eigenvalue weighted by Gasteiger charge is -2.06. The summed E-state index contributed by atoms with van der Waals surface area (Å²) in [7, 11) is 0. The predicted octanol–water partition coefficient (Wildman–Crippen LogP) is 4.60. The number of rotatable bonds is 2. The fourth-order valence-electron chi connectivity index (χ4n) is 1.11. The Bertz CT molecular complexity index is 385. The Morgan fingerprint density at radius 3 is 2.43 bits per heavy atom. The molecule has 0 aliphatic rings. The van der Waals surface area contributed by atoms with E-state index < -0.39 is 0 Å². The summed E-state index contributed by atoms with van der Waals surface area (Å²) in [6, 6.07) is 3.45. The summed E-state index contributed by atoms with van der Waals surface area (Å²) >= 11 is 17.9. The van der Waals surface area contributed by atoms with Crippen molar-refractivity contribution in [3.8, 4) is 11.8 Å². The largest absolute Gasteiger partial charge is 0.107 e. The van der Waals surface area contributed by atoms with Gasteiger partial charge in [-0.2, -0.15) is 0 Å². The van der Waals surface area contributed by atoms with Crippen molar-refractivity contribution in [1.82, 2.24) is 0 Å². The molecule has 1 rings (SSSR count). The van der Waals surface area contributed by atoms with Crippen LogP contribution in [-0.2, 0) is 6.42 Å². The van der Waals surface area contributed by atoms with E-state index in [2.05, 4.69) is 11.8 Å². The molecule has 0 saturated heterocycles. The van der Waals surface area contributed by atoms with Crippen molar-refractivity contribution in [3.63, 3.8) is 0 Å². The standard InChI is InChI=1S/C11H9Cl3/c1-2-3-4-5-8-9(12)6-7-10(13)11(8)14/h6-7H,4-5H2,1H3. The van der Waals surface area contributed by atoms with Crippen LogP contribution in [0.3, 0.4) is 0 Å². The van der Waals surface area contributed by atoms with Crippen LogP contribution in [0, 0.1) is 11.8 Å². The average molecular weight is 248 g/mol. The second-order valence-electron chi connectivity index (χ2n) is 2.75. The van der Waals surface area contributed by atoms with Crippen molar-refractivity contribution >= 4 is 34.8 Å². The summed E-state index contributed by atoms with van der Waals surface area (Å²) in [4.78, 5) is 0. The molecule has 0 nitrogen and oxygen atoms in total. The summed E-state index contributed by atoms with van der Waals surface area (Å²) in [6.07, 6.45) is 1.48. The van der Waals surface area contributed by atoms with E-state index in [9.17, 15) is 0 Å². The van der Waals surface area contributed by atoms with Gasteiger partial charge in [-0.15, -0.1) is 11.8 Å². The molecule has 0 fully saturated rings. The molecule has 1 aromatic rings. The van der Waals surface area contributed by atoms with Gasteiger partial charge >= 0.3 is 0 Å². The molecule has 0 aromatic heterocycles. The summed E-state index contributed by atoms with van der Waals surface area (Å²) < 4.78 is 0. The molecule has 0 saturated carbocycles. The van der Waals surface area contributed by atoms with Crippen molar-refractivity contribution in [2.24, 2.45) is 0 Å². The molecule has 0 heterocycles. The van der Waals surface area contributed by atoms with Gasteiger partial charge in [0.05, 0.1) is 10.0 Å². The Morgan fingerprint density at radius 2 is 1.79 bits per heavy atom. The topological polar surface area (TPSA) is 0 Å². The third-order valence-electron chi connectivity index (χ3n) is 1.82. The van der Waals surface area contributed by atoms with E-state index in [1.807, 2.05) is 0 Å². The van der Waals surface area contributed by atoms with Gasteiger partial charge in [0.2, 0.25) is 0 Å². The van der Waals surface area contributed by atoms with Crippen LogP contribution in [0.25, 0.3) is 0 Å². The fraction of sp³-hybridized carbons (Fsp3) is 0.273. The summed E-state index contributed by atoms with van der Waals surface area (Å²) in [6.45, 7) is 1.81. The van der Waals surface area contributed by atoms with Crippen LogP contribution < -0.4 is 0 Å². The van der Waals surface area contributed by atoms with Gasteiger partial charge in [0, 0.05) is 11.4 Å². The Labute approximate surface area is 99.2 Å². The van der Waals surface area contributed by atoms with Crippen LogP contribution in [-0.4, -0.2) is 0 Å². The van der Waals surface area contributed by atoms with Crippen LogP contribution in [0.15, 0.2) is 12.1 Å². The smallest absolute Gasteiger partial charge is 0.0639 e. The predicted molar refractivity (Wildman–Crippen MR) is 63.2 cm³/mol. The zero-order valence-electron chi connectivity index (χ0n) is 7.70. The van der Waals surface area contributed by atoms with E-state index >= 15 is 0 Å². The highest BCUT2D eigenvalue weighted by molar-refractivity contribution is 6.44. The zero-order chi connectivity index (χ0) is 10.6. The third kappa shape index (κ3) is 2.82. The molecule has 1 aromatic carbocycles. The molecule has 3 heteroatoms. The highest BCUT2D eigenvalue weighted by Gasteiger charge is 2.08. The first-order valence-corrected chi connectivity index (χ1v) is 5.32. The van der Waals surface area contributed by atoms with Gasteiger partial charge in [-0.05, 0) is 31.0 Å². The van der Waals surface area contributed by atoms with Crippen LogP contribution >= 0.6 is 34.8 Å². The van der Waals surface area contributed by atoms with Gasteiger partial charge in [-0.1, -0.05) is 34.8 Å². The van der Waals surface area contributed by atoms with E-state index in [1.54, 1.807) is 19.1 Å². The zero-order valence-corrected chi connectivity index (χ0v) is 9.97. The van der Waals surface area contributed by atoms with Gasteiger partial charge < -0.3 is 0 Å². The monoisotopic (exact) mass is 246 g/mol. The number of hydrogen-bond acceptors (Lipinski definition) is 0. The Kier molecular flexibility index (Phi) is 4.62. The normalized spacial score (nSPS) is 9.43. The quantitative estimate of drug-likeness (QED) is 0.529. The summed E-state index contributed by atoms with van der Waals surface area (Å²) in [5.74, 6) is 5.78. The van der Waals surface area contributed by atoms with E-state index in [1.165, 1.54) is 0 Å². The second kappa shape index (κ2) is 5.51. The molecule has 0 radical (unpaired) electrons. The summed E-state index contributed by atoms with van der Waals surface area (Å²) in [5, 5.41) is 1.73. The molecule has 0 unspecified atom stereocenters. The minimum Gasteiger partial charge on any atom is -0.107 e. The van der Waals surface area contributed by atoms with Gasteiger partial charge in [0.1, 0.15) is 0 Å². The molecular weight excluding hydrogens is 238 g/mol. The van der Waals surface area contributed by atoms with Crippen molar-refractivity contribution in [2.75, 3.05) is 0 Å². The van der Waals surface area contributed by atoms with E-state index in [-0.39, 0.29) is 0 Å². The van der Waals surface area contributed by atoms with Crippen LogP contribution in [0.5, 0.6) is 0 Å². The van der Waals surface area contributed by atoms with E-state index in [0.29, 0.717) is 15.1 Å². The van der Waals surface area contributed by atoms with Gasteiger partial charge in [-0.3, -0.25) is 0 Å². The van der Waals surface area contributed by atoms with Crippen LogP contribution in [0.2, 0.25) is 15.1 Å². The first-order chi connectivity index (χ1) is 6.66. The maximum Gasteiger partial charge on any atom is 0.0639 e. The van der Waals surface area contributed by atoms with Gasteiger partial charge in [0.15, 0.2) is 0 Å². The molecule has 0 amide bonds. The van der Waals surface area contributed by atoms with Crippen LogP contribution in [0.4, 0.5) is 0 Å². The van der Waals surface area contributed by atoms with E-state index in [0.717, 1.165) is 18.4 Å². The summed E-state index contributed by atoms with van der Waals surface area (Å²) in [5.41, 5.74) is 0.878. The van der Waals surface area contributed by atoms with Crippen molar-refractivity contribution in [3.05, 3.63) is 32.8 Å². The number of hydrogen-bond donors (Lipinski definition) is 0. The average Bonchev–Trinajstić information content (AvgIpc) is 2.18. The third-order valence-corrected chi connectivity index (χ3v) is 3.01. The molecule has 0 bridgehead atoms. The lowest BCUT2D eigenvalue weighted by Crippen LogP contribution is -1.88. The van der Waals surface area contributed by atoms with Gasteiger partial charge in [-0.25, -0.2) is 0 Å². The molecule has 0 aliphatic carbocycles. The maximum absolute atomic E-state index is 6.01.